The zero-order valence-electron chi connectivity index (χ0n) is 11.2. The first-order valence-electron chi connectivity index (χ1n) is 7.23. The van der Waals surface area contributed by atoms with Crippen LogP contribution in [-0.2, 0) is 0 Å². The summed E-state index contributed by atoms with van der Waals surface area (Å²) in [7, 11) is 0. The van der Waals surface area contributed by atoms with Crippen molar-refractivity contribution in [3.63, 3.8) is 0 Å². The highest BCUT2D eigenvalue weighted by Gasteiger charge is 2.11. The lowest BCUT2D eigenvalue weighted by Gasteiger charge is -2.14. The topological polar surface area (TPSA) is 24.1 Å². The molecule has 1 fully saturated rings. The maximum Gasteiger partial charge on any atom is 0.00790 e. The first-order valence-corrected chi connectivity index (χ1v) is 7.23. The molecule has 0 aromatic carbocycles. The maximum absolute atomic E-state index is 3.55. The normalized spacial score (nSPS) is 18.9. The van der Waals surface area contributed by atoms with Gasteiger partial charge in [0, 0.05) is 19.1 Å². The summed E-state index contributed by atoms with van der Waals surface area (Å²) in [5, 5.41) is 6.98. The summed E-state index contributed by atoms with van der Waals surface area (Å²) in [6.07, 6.45) is 10.2. The molecule has 2 nitrogen and oxygen atoms in total. The van der Waals surface area contributed by atoms with Gasteiger partial charge in [0.1, 0.15) is 0 Å². The van der Waals surface area contributed by atoms with Crippen LogP contribution < -0.4 is 10.6 Å². The second-order valence-electron chi connectivity index (χ2n) is 5.51. The van der Waals surface area contributed by atoms with Crippen molar-refractivity contribution >= 4 is 0 Å². The van der Waals surface area contributed by atoms with Gasteiger partial charge in [-0.15, -0.1) is 0 Å². The largest absolute Gasteiger partial charge is 0.315 e. The summed E-state index contributed by atoms with van der Waals surface area (Å²) in [6, 6.07) is 0.614. The SMILES string of the molecule is CC(C)NCCNCCC1CCCCCC1. The average molecular weight is 226 g/mol. The fourth-order valence-electron chi connectivity index (χ4n) is 2.53. The third-order valence-electron chi connectivity index (χ3n) is 3.56. The Morgan fingerprint density at radius 1 is 0.938 bits per heavy atom. The highest BCUT2D eigenvalue weighted by molar-refractivity contribution is 4.66. The van der Waals surface area contributed by atoms with Gasteiger partial charge in [0.25, 0.3) is 0 Å². The molecular weight excluding hydrogens is 196 g/mol. The van der Waals surface area contributed by atoms with E-state index in [1.165, 1.54) is 51.5 Å². The number of nitrogens with one attached hydrogen (secondary N) is 2. The van der Waals surface area contributed by atoms with Crippen molar-refractivity contribution < 1.29 is 0 Å². The maximum atomic E-state index is 3.55. The summed E-state index contributed by atoms with van der Waals surface area (Å²) in [6.45, 7) is 7.83. The monoisotopic (exact) mass is 226 g/mol. The molecule has 2 N–H and O–H groups in total. The summed E-state index contributed by atoms with van der Waals surface area (Å²) >= 11 is 0. The Labute approximate surface area is 102 Å². The van der Waals surface area contributed by atoms with Gasteiger partial charge in [0.05, 0.1) is 0 Å². The lowest BCUT2D eigenvalue weighted by Crippen LogP contribution is -2.32. The van der Waals surface area contributed by atoms with Gasteiger partial charge in [-0.25, -0.2) is 0 Å². The molecule has 0 amide bonds. The van der Waals surface area contributed by atoms with Crippen molar-refractivity contribution in [2.45, 2.75) is 64.8 Å². The molecule has 0 atom stereocenters. The molecule has 96 valence electrons. The molecule has 1 saturated carbocycles. The Kier molecular flexibility index (Phi) is 7.87. The van der Waals surface area contributed by atoms with Crippen molar-refractivity contribution in [2.75, 3.05) is 19.6 Å². The van der Waals surface area contributed by atoms with Crippen LogP contribution in [0.5, 0.6) is 0 Å². The summed E-state index contributed by atoms with van der Waals surface area (Å²) in [5.41, 5.74) is 0. The Hall–Kier alpha value is -0.0800. The summed E-state index contributed by atoms with van der Waals surface area (Å²) in [5.74, 6) is 1.01. The van der Waals surface area contributed by atoms with Crippen molar-refractivity contribution in [1.82, 2.24) is 10.6 Å². The Bertz CT molecular complexity index is 149. The van der Waals surface area contributed by atoms with E-state index in [0.717, 1.165) is 19.0 Å². The number of hydrogen-bond donors (Lipinski definition) is 2. The van der Waals surface area contributed by atoms with Crippen molar-refractivity contribution in [1.29, 1.82) is 0 Å². The fourth-order valence-corrected chi connectivity index (χ4v) is 2.53. The molecule has 0 radical (unpaired) electrons. The van der Waals surface area contributed by atoms with E-state index in [1.807, 2.05) is 0 Å². The van der Waals surface area contributed by atoms with Gasteiger partial charge in [0.15, 0.2) is 0 Å². The van der Waals surface area contributed by atoms with E-state index in [0.29, 0.717) is 6.04 Å². The van der Waals surface area contributed by atoms with Crippen LogP contribution in [0.15, 0.2) is 0 Å². The quantitative estimate of drug-likeness (QED) is 0.515. The highest BCUT2D eigenvalue weighted by atomic mass is 14.9. The van der Waals surface area contributed by atoms with Crippen LogP contribution in [-0.4, -0.2) is 25.7 Å². The first kappa shape index (κ1) is 14.0. The predicted octanol–water partition coefficient (Wildman–Crippen LogP) is 2.93. The van der Waals surface area contributed by atoms with Gasteiger partial charge in [-0.1, -0.05) is 52.4 Å². The van der Waals surface area contributed by atoms with Gasteiger partial charge < -0.3 is 10.6 Å². The molecule has 0 saturated heterocycles. The van der Waals surface area contributed by atoms with E-state index in [-0.39, 0.29) is 0 Å². The summed E-state index contributed by atoms with van der Waals surface area (Å²) < 4.78 is 0. The molecule has 0 aromatic rings. The Morgan fingerprint density at radius 2 is 1.62 bits per heavy atom. The van der Waals surface area contributed by atoms with E-state index in [2.05, 4.69) is 24.5 Å². The van der Waals surface area contributed by atoms with Crippen LogP contribution in [0.25, 0.3) is 0 Å². The van der Waals surface area contributed by atoms with Crippen LogP contribution in [0.2, 0.25) is 0 Å². The lowest BCUT2D eigenvalue weighted by atomic mass is 9.97. The van der Waals surface area contributed by atoms with Gasteiger partial charge in [-0.2, -0.15) is 0 Å². The highest BCUT2D eigenvalue weighted by Crippen LogP contribution is 2.24. The minimum Gasteiger partial charge on any atom is -0.315 e. The van der Waals surface area contributed by atoms with E-state index < -0.39 is 0 Å². The third-order valence-corrected chi connectivity index (χ3v) is 3.56. The van der Waals surface area contributed by atoms with Crippen LogP contribution >= 0.6 is 0 Å². The molecule has 0 bridgehead atoms. The molecular formula is C14H30N2. The van der Waals surface area contributed by atoms with Gasteiger partial charge in [-0.3, -0.25) is 0 Å². The molecule has 1 aliphatic rings. The molecule has 0 aromatic heterocycles. The molecule has 0 aliphatic heterocycles. The number of rotatable bonds is 7. The van der Waals surface area contributed by atoms with Gasteiger partial charge in [-0.05, 0) is 18.9 Å². The van der Waals surface area contributed by atoms with Gasteiger partial charge >= 0.3 is 0 Å². The zero-order chi connectivity index (χ0) is 11.6. The standard InChI is InChI=1S/C14H30N2/c1-13(2)16-12-11-15-10-9-14-7-5-3-4-6-8-14/h13-16H,3-12H2,1-2H3. The summed E-state index contributed by atoms with van der Waals surface area (Å²) in [4.78, 5) is 0. The van der Waals surface area contributed by atoms with Crippen LogP contribution in [0, 0.1) is 5.92 Å². The van der Waals surface area contributed by atoms with E-state index in [4.69, 9.17) is 0 Å². The molecule has 0 spiro atoms. The Morgan fingerprint density at radius 3 is 2.25 bits per heavy atom. The average Bonchev–Trinajstić information content (AvgIpc) is 2.51. The molecule has 1 rings (SSSR count). The van der Waals surface area contributed by atoms with Crippen molar-refractivity contribution in [2.24, 2.45) is 5.92 Å². The molecule has 0 heterocycles. The number of hydrogen-bond acceptors (Lipinski definition) is 2. The van der Waals surface area contributed by atoms with Crippen LogP contribution in [0.4, 0.5) is 0 Å². The second-order valence-corrected chi connectivity index (χ2v) is 5.51. The van der Waals surface area contributed by atoms with Crippen LogP contribution in [0.3, 0.4) is 0 Å². The van der Waals surface area contributed by atoms with Gasteiger partial charge in [0.2, 0.25) is 0 Å². The molecule has 0 unspecified atom stereocenters. The fraction of sp³-hybridized carbons (Fsp3) is 1.00. The molecule has 1 aliphatic carbocycles. The molecule has 16 heavy (non-hydrogen) atoms. The molecule has 2 heteroatoms. The second kappa shape index (κ2) is 9.00. The lowest BCUT2D eigenvalue weighted by molar-refractivity contribution is 0.413. The predicted molar refractivity (Wildman–Crippen MR) is 71.8 cm³/mol. The minimum absolute atomic E-state index is 0.614. The third kappa shape index (κ3) is 7.24. The zero-order valence-corrected chi connectivity index (χ0v) is 11.2. The first-order chi connectivity index (χ1) is 7.79. The minimum atomic E-state index is 0.614. The van der Waals surface area contributed by atoms with E-state index in [1.54, 1.807) is 0 Å². The van der Waals surface area contributed by atoms with E-state index >= 15 is 0 Å². The van der Waals surface area contributed by atoms with Crippen LogP contribution in [0.1, 0.15) is 58.8 Å². The Balaban J connectivity index is 1.89. The van der Waals surface area contributed by atoms with Crippen molar-refractivity contribution in [3.05, 3.63) is 0 Å². The van der Waals surface area contributed by atoms with Crippen molar-refractivity contribution in [3.8, 4) is 0 Å². The van der Waals surface area contributed by atoms with E-state index in [9.17, 15) is 0 Å². The smallest absolute Gasteiger partial charge is 0.00790 e.